The molecule has 2 aromatic rings. The van der Waals surface area contributed by atoms with Crippen LogP contribution in [0.15, 0.2) is 42.6 Å². The predicted molar refractivity (Wildman–Crippen MR) is 64.8 cm³/mol. The van der Waals surface area contributed by atoms with Gasteiger partial charge in [-0.3, -0.25) is 0 Å². The van der Waals surface area contributed by atoms with Crippen molar-refractivity contribution in [3.8, 4) is 5.75 Å². The molecule has 0 amide bonds. The molecule has 2 nitrogen and oxygen atoms in total. The Morgan fingerprint density at radius 2 is 1.94 bits per heavy atom. The largest absolute Gasteiger partial charge is 0.488 e. The lowest BCUT2D eigenvalue weighted by atomic mass is 10.2. The number of hydrogen-bond acceptors (Lipinski definition) is 2. The van der Waals surface area contributed by atoms with Gasteiger partial charge in [0.1, 0.15) is 17.5 Å². The molecule has 0 N–H and O–H groups in total. The molecule has 0 bridgehead atoms. The summed E-state index contributed by atoms with van der Waals surface area (Å²) in [6.07, 6.45) is 1.65. The van der Waals surface area contributed by atoms with E-state index in [1.54, 1.807) is 6.20 Å². The number of nitrogens with zero attached hydrogens (tertiary/aromatic N) is 1. The van der Waals surface area contributed by atoms with Crippen LogP contribution < -0.4 is 4.74 Å². The van der Waals surface area contributed by atoms with E-state index in [1.165, 1.54) is 0 Å². The average Bonchev–Trinajstić information content (AvgIpc) is 2.32. The van der Waals surface area contributed by atoms with Crippen LogP contribution in [0, 0.1) is 6.92 Å². The number of hydrogen-bond donors (Lipinski definition) is 0. The fourth-order valence-electron chi connectivity index (χ4n) is 1.39. The zero-order valence-electron chi connectivity index (χ0n) is 8.98. The Kier molecular flexibility index (Phi) is 3.42. The van der Waals surface area contributed by atoms with E-state index >= 15 is 0 Å². The van der Waals surface area contributed by atoms with E-state index in [4.69, 9.17) is 16.3 Å². The van der Waals surface area contributed by atoms with Gasteiger partial charge in [0, 0.05) is 11.8 Å². The molecule has 82 valence electrons. The Balaban J connectivity index is 2.08. The third kappa shape index (κ3) is 2.52. The van der Waals surface area contributed by atoms with Crippen LogP contribution in [0.3, 0.4) is 0 Å². The van der Waals surface area contributed by atoms with E-state index in [1.807, 2.05) is 43.3 Å². The maximum Gasteiger partial charge on any atom is 0.135 e. The van der Waals surface area contributed by atoms with Gasteiger partial charge in [-0.15, -0.1) is 0 Å². The molecule has 0 aliphatic heterocycles. The Morgan fingerprint density at radius 1 is 1.19 bits per heavy atom. The van der Waals surface area contributed by atoms with Crippen LogP contribution in [0.5, 0.6) is 5.75 Å². The Morgan fingerprint density at radius 3 is 2.69 bits per heavy atom. The van der Waals surface area contributed by atoms with E-state index in [2.05, 4.69) is 4.98 Å². The standard InChI is InChI=1S/C13H12ClNO/c1-10-12(7-8-15-13(10)14)16-9-11-5-3-2-4-6-11/h2-8H,9H2,1H3. The molecular weight excluding hydrogens is 222 g/mol. The number of aromatic nitrogens is 1. The summed E-state index contributed by atoms with van der Waals surface area (Å²) in [6, 6.07) is 11.8. The Bertz CT molecular complexity index is 471. The molecule has 0 spiro atoms. The smallest absolute Gasteiger partial charge is 0.135 e. The second-order valence-electron chi connectivity index (χ2n) is 3.50. The summed E-state index contributed by atoms with van der Waals surface area (Å²) in [5.41, 5.74) is 2.01. The van der Waals surface area contributed by atoms with E-state index in [0.717, 1.165) is 16.9 Å². The topological polar surface area (TPSA) is 22.1 Å². The van der Waals surface area contributed by atoms with Gasteiger partial charge in [0.15, 0.2) is 0 Å². The predicted octanol–water partition coefficient (Wildman–Crippen LogP) is 3.62. The normalized spacial score (nSPS) is 10.1. The highest BCUT2D eigenvalue weighted by molar-refractivity contribution is 6.30. The summed E-state index contributed by atoms with van der Waals surface area (Å²) < 4.78 is 5.68. The summed E-state index contributed by atoms with van der Waals surface area (Å²) in [6.45, 7) is 2.44. The fourth-order valence-corrected chi connectivity index (χ4v) is 1.54. The van der Waals surface area contributed by atoms with E-state index in [9.17, 15) is 0 Å². The summed E-state index contributed by atoms with van der Waals surface area (Å²) in [5.74, 6) is 0.781. The average molecular weight is 234 g/mol. The van der Waals surface area contributed by atoms with Crippen LogP contribution >= 0.6 is 11.6 Å². The van der Waals surface area contributed by atoms with Gasteiger partial charge in [-0.05, 0) is 18.6 Å². The highest BCUT2D eigenvalue weighted by Crippen LogP contribution is 2.23. The van der Waals surface area contributed by atoms with Crippen molar-refractivity contribution in [2.24, 2.45) is 0 Å². The van der Waals surface area contributed by atoms with Crippen molar-refractivity contribution in [2.75, 3.05) is 0 Å². The van der Waals surface area contributed by atoms with Crippen LogP contribution in [0.4, 0.5) is 0 Å². The second kappa shape index (κ2) is 4.99. The molecule has 16 heavy (non-hydrogen) atoms. The molecule has 0 saturated heterocycles. The highest BCUT2D eigenvalue weighted by atomic mass is 35.5. The van der Waals surface area contributed by atoms with Crippen molar-refractivity contribution in [1.82, 2.24) is 4.98 Å². The Hall–Kier alpha value is -1.54. The van der Waals surface area contributed by atoms with Crippen molar-refractivity contribution < 1.29 is 4.74 Å². The van der Waals surface area contributed by atoms with Crippen LogP contribution in [-0.2, 0) is 6.61 Å². The van der Waals surface area contributed by atoms with Crippen molar-refractivity contribution in [3.05, 3.63) is 58.9 Å². The summed E-state index contributed by atoms with van der Waals surface area (Å²) >= 11 is 5.90. The molecule has 1 heterocycles. The van der Waals surface area contributed by atoms with E-state index in [-0.39, 0.29) is 0 Å². The van der Waals surface area contributed by atoms with Crippen LogP contribution in [0.2, 0.25) is 5.15 Å². The first-order chi connectivity index (χ1) is 7.77. The zero-order chi connectivity index (χ0) is 11.4. The minimum absolute atomic E-state index is 0.491. The van der Waals surface area contributed by atoms with Crippen LogP contribution in [-0.4, -0.2) is 4.98 Å². The van der Waals surface area contributed by atoms with Crippen LogP contribution in [0.1, 0.15) is 11.1 Å². The van der Waals surface area contributed by atoms with Gasteiger partial charge in [0.05, 0.1) is 0 Å². The maximum atomic E-state index is 5.90. The van der Waals surface area contributed by atoms with Gasteiger partial charge in [-0.1, -0.05) is 41.9 Å². The van der Waals surface area contributed by atoms with Crippen molar-refractivity contribution >= 4 is 11.6 Å². The van der Waals surface area contributed by atoms with Gasteiger partial charge < -0.3 is 4.74 Å². The molecule has 0 saturated carbocycles. The number of pyridine rings is 1. The molecule has 1 aromatic heterocycles. The van der Waals surface area contributed by atoms with Crippen molar-refractivity contribution in [1.29, 1.82) is 0 Å². The first-order valence-electron chi connectivity index (χ1n) is 5.05. The molecule has 3 heteroatoms. The molecular formula is C13H12ClNO. The van der Waals surface area contributed by atoms with Crippen LogP contribution in [0.25, 0.3) is 0 Å². The van der Waals surface area contributed by atoms with E-state index in [0.29, 0.717) is 11.8 Å². The van der Waals surface area contributed by atoms with Gasteiger partial charge in [0.2, 0.25) is 0 Å². The van der Waals surface area contributed by atoms with Crippen molar-refractivity contribution in [3.63, 3.8) is 0 Å². The number of halogens is 1. The first-order valence-corrected chi connectivity index (χ1v) is 5.43. The molecule has 0 aliphatic rings. The monoisotopic (exact) mass is 233 g/mol. The van der Waals surface area contributed by atoms with Gasteiger partial charge in [0.25, 0.3) is 0 Å². The van der Waals surface area contributed by atoms with Gasteiger partial charge in [-0.2, -0.15) is 0 Å². The number of rotatable bonds is 3. The number of ether oxygens (including phenoxy) is 1. The fraction of sp³-hybridized carbons (Fsp3) is 0.154. The third-order valence-corrected chi connectivity index (χ3v) is 2.71. The van der Waals surface area contributed by atoms with Gasteiger partial charge >= 0.3 is 0 Å². The van der Waals surface area contributed by atoms with E-state index < -0.39 is 0 Å². The molecule has 0 fully saturated rings. The molecule has 0 atom stereocenters. The SMILES string of the molecule is Cc1c(OCc2ccccc2)ccnc1Cl. The molecule has 1 aromatic carbocycles. The maximum absolute atomic E-state index is 5.90. The number of benzene rings is 1. The molecule has 0 aliphatic carbocycles. The molecule has 0 unspecified atom stereocenters. The lowest BCUT2D eigenvalue weighted by Gasteiger charge is -2.09. The zero-order valence-corrected chi connectivity index (χ0v) is 9.74. The summed E-state index contributed by atoms with van der Waals surface area (Å²) in [4.78, 5) is 3.98. The quantitative estimate of drug-likeness (QED) is 0.756. The lowest BCUT2D eigenvalue weighted by molar-refractivity contribution is 0.304. The minimum atomic E-state index is 0.491. The van der Waals surface area contributed by atoms with Gasteiger partial charge in [-0.25, -0.2) is 4.98 Å². The van der Waals surface area contributed by atoms with Crippen molar-refractivity contribution in [2.45, 2.75) is 13.5 Å². The lowest BCUT2D eigenvalue weighted by Crippen LogP contribution is -1.97. The second-order valence-corrected chi connectivity index (χ2v) is 3.86. The summed E-state index contributed by atoms with van der Waals surface area (Å²) in [7, 11) is 0. The first kappa shape index (κ1) is 11.0. The summed E-state index contributed by atoms with van der Waals surface area (Å²) in [5, 5.41) is 0.491. The molecule has 0 radical (unpaired) electrons. The minimum Gasteiger partial charge on any atom is -0.488 e. The third-order valence-electron chi connectivity index (χ3n) is 2.33. The molecule has 2 rings (SSSR count). The Labute approximate surface area is 99.9 Å². The highest BCUT2D eigenvalue weighted by Gasteiger charge is 2.04.